The van der Waals surface area contributed by atoms with E-state index in [0.29, 0.717) is 42.9 Å². The number of benzene rings is 2. The lowest BCUT2D eigenvalue weighted by atomic mass is 9.69. The molecule has 2 aromatic carbocycles. The number of fused-ring (bicyclic) bond motifs is 1. The first kappa shape index (κ1) is 19.3. The molecule has 6 heteroatoms. The van der Waals surface area contributed by atoms with Crippen LogP contribution in [0.1, 0.15) is 41.6 Å². The molecule has 0 aromatic heterocycles. The number of hydrogen-bond acceptors (Lipinski definition) is 5. The van der Waals surface area contributed by atoms with Gasteiger partial charge in [-0.3, -0.25) is 9.59 Å². The lowest BCUT2D eigenvalue weighted by molar-refractivity contribution is -0.157. The largest absolute Gasteiger partial charge is 0.493 e. The molecule has 0 unspecified atom stereocenters. The number of aliphatic carboxylic acids is 1. The van der Waals surface area contributed by atoms with Crippen LogP contribution < -0.4 is 14.2 Å². The number of carbonyl (C=O) groups is 2. The number of hydrogen-bond donors (Lipinski definition) is 1. The van der Waals surface area contributed by atoms with E-state index in [1.807, 2.05) is 24.3 Å². The molecule has 1 fully saturated rings. The molecule has 0 saturated heterocycles. The topological polar surface area (TPSA) is 82.1 Å². The quantitative estimate of drug-likeness (QED) is 0.758. The molecule has 2 aliphatic rings. The molecule has 1 saturated carbocycles. The SMILES string of the molecule is COc1ccc(-c2cccc3c2CCC3=O)c(OCC2(C(=O)O)CCC2)c1OC. The van der Waals surface area contributed by atoms with E-state index >= 15 is 0 Å². The molecule has 2 aliphatic carbocycles. The Kier molecular flexibility index (Phi) is 4.94. The zero-order valence-electron chi connectivity index (χ0n) is 16.6. The zero-order chi connectivity index (χ0) is 20.6. The summed E-state index contributed by atoms with van der Waals surface area (Å²) in [5.41, 5.74) is 2.55. The predicted molar refractivity (Wildman–Crippen MR) is 107 cm³/mol. The summed E-state index contributed by atoms with van der Waals surface area (Å²) in [5.74, 6) is 0.689. The molecule has 29 heavy (non-hydrogen) atoms. The second-order valence-corrected chi connectivity index (χ2v) is 7.66. The highest BCUT2D eigenvalue weighted by atomic mass is 16.5. The van der Waals surface area contributed by atoms with Crippen LogP contribution in [-0.4, -0.2) is 37.7 Å². The number of ether oxygens (including phenoxy) is 3. The first-order valence-corrected chi connectivity index (χ1v) is 9.77. The molecule has 0 aliphatic heterocycles. The third-order valence-corrected chi connectivity index (χ3v) is 6.13. The normalized spacial score (nSPS) is 16.7. The van der Waals surface area contributed by atoms with E-state index in [9.17, 15) is 14.7 Å². The molecule has 0 heterocycles. The number of carboxylic acid groups (broad SMARTS) is 1. The summed E-state index contributed by atoms with van der Waals surface area (Å²) >= 11 is 0. The highest BCUT2D eigenvalue weighted by Crippen LogP contribution is 2.48. The minimum Gasteiger partial charge on any atom is -0.493 e. The molecular weight excluding hydrogens is 372 g/mol. The van der Waals surface area contributed by atoms with E-state index in [2.05, 4.69) is 0 Å². The monoisotopic (exact) mass is 396 g/mol. The van der Waals surface area contributed by atoms with E-state index in [1.165, 1.54) is 7.11 Å². The van der Waals surface area contributed by atoms with Gasteiger partial charge in [0.15, 0.2) is 17.3 Å². The Morgan fingerprint density at radius 2 is 1.76 bits per heavy atom. The number of carboxylic acids is 1. The minimum absolute atomic E-state index is 0.0623. The number of Topliss-reactive ketones (excluding diaryl/α,β-unsaturated/α-hetero) is 1. The lowest BCUT2D eigenvalue weighted by Crippen LogP contribution is -2.43. The second kappa shape index (κ2) is 7.43. The van der Waals surface area contributed by atoms with Crippen LogP contribution in [0, 0.1) is 5.41 Å². The molecule has 4 rings (SSSR count). The Labute approximate surface area is 169 Å². The van der Waals surface area contributed by atoms with Crippen LogP contribution in [0.4, 0.5) is 0 Å². The Balaban J connectivity index is 1.81. The van der Waals surface area contributed by atoms with E-state index in [0.717, 1.165) is 28.7 Å². The summed E-state index contributed by atoms with van der Waals surface area (Å²) in [5, 5.41) is 9.66. The van der Waals surface area contributed by atoms with Crippen LogP contribution in [-0.2, 0) is 11.2 Å². The van der Waals surface area contributed by atoms with E-state index in [4.69, 9.17) is 14.2 Å². The van der Waals surface area contributed by atoms with Gasteiger partial charge in [-0.2, -0.15) is 0 Å². The van der Waals surface area contributed by atoms with E-state index in [1.54, 1.807) is 13.2 Å². The van der Waals surface area contributed by atoms with Gasteiger partial charge in [0.2, 0.25) is 5.75 Å². The van der Waals surface area contributed by atoms with Gasteiger partial charge >= 0.3 is 5.97 Å². The zero-order valence-corrected chi connectivity index (χ0v) is 16.6. The standard InChI is InChI=1S/C23H24O6/c1-27-19-10-8-17(14-5-3-6-16-15(14)7-9-18(16)24)20(21(19)28-2)29-13-23(22(25)26)11-4-12-23/h3,5-6,8,10H,4,7,9,11-13H2,1-2H3,(H,25,26). The Morgan fingerprint density at radius 3 is 2.38 bits per heavy atom. The fraction of sp³-hybridized carbons (Fsp3) is 0.391. The van der Waals surface area contributed by atoms with Gasteiger partial charge in [-0.05, 0) is 42.5 Å². The average molecular weight is 396 g/mol. The van der Waals surface area contributed by atoms with Gasteiger partial charge < -0.3 is 19.3 Å². The van der Waals surface area contributed by atoms with Gasteiger partial charge in [0.1, 0.15) is 12.0 Å². The summed E-state index contributed by atoms with van der Waals surface area (Å²) in [4.78, 5) is 24.0. The van der Waals surface area contributed by atoms with Gasteiger partial charge in [-0.25, -0.2) is 0 Å². The van der Waals surface area contributed by atoms with Crippen LogP contribution >= 0.6 is 0 Å². The minimum atomic E-state index is -0.861. The maximum absolute atomic E-state index is 12.2. The lowest BCUT2D eigenvalue weighted by Gasteiger charge is -2.37. The van der Waals surface area contributed by atoms with Crippen molar-refractivity contribution >= 4 is 11.8 Å². The number of ketones is 1. The Bertz CT molecular complexity index is 974. The number of carbonyl (C=O) groups excluding carboxylic acids is 1. The molecule has 0 atom stereocenters. The summed E-state index contributed by atoms with van der Waals surface area (Å²) in [6.07, 6.45) is 3.25. The van der Waals surface area contributed by atoms with Crippen molar-refractivity contribution in [2.75, 3.05) is 20.8 Å². The molecular formula is C23H24O6. The van der Waals surface area contributed by atoms with Crippen molar-refractivity contribution < 1.29 is 28.9 Å². The highest BCUT2D eigenvalue weighted by molar-refractivity contribution is 6.02. The smallest absolute Gasteiger partial charge is 0.313 e. The van der Waals surface area contributed by atoms with Crippen LogP contribution in [0.15, 0.2) is 30.3 Å². The van der Waals surface area contributed by atoms with E-state index < -0.39 is 11.4 Å². The Hall–Kier alpha value is -3.02. The van der Waals surface area contributed by atoms with Crippen molar-refractivity contribution in [3.05, 3.63) is 41.5 Å². The second-order valence-electron chi connectivity index (χ2n) is 7.66. The van der Waals surface area contributed by atoms with Crippen molar-refractivity contribution in [2.45, 2.75) is 32.1 Å². The molecule has 2 aromatic rings. The average Bonchev–Trinajstić information content (AvgIpc) is 3.07. The maximum Gasteiger partial charge on any atom is 0.313 e. The summed E-state index contributed by atoms with van der Waals surface area (Å²) in [6.45, 7) is 0.0623. The molecule has 0 spiro atoms. The maximum atomic E-state index is 12.2. The molecule has 0 amide bonds. The molecule has 6 nitrogen and oxygen atoms in total. The molecule has 1 N–H and O–H groups in total. The number of rotatable bonds is 7. The fourth-order valence-electron chi connectivity index (χ4n) is 4.23. The van der Waals surface area contributed by atoms with Crippen molar-refractivity contribution in [1.82, 2.24) is 0 Å². The fourth-order valence-corrected chi connectivity index (χ4v) is 4.23. The van der Waals surface area contributed by atoms with Crippen LogP contribution in [0.25, 0.3) is 11.1 Å². The van der Waals surface area contributed by atoms with Crippen molar-refractivity contribution in [2.24, 2.45) is 5.41 Å². The third-order valence-electron chi connectivity index (χ3n) is 6.13. The highest BCUT2D eigenvalue weighted by Gasteiger charge is 2.45. The van der Waals surface area contributed by atoms with Crippen molar-refractivity contribution in [3.63, 3.8) is 0 Å². The summed E-state index contributed by atoms with van der Waals surface area (Å²) in [7, 11) is 3.08. The van der Waals surface area contributed by atoms with Gasteiger partial charge in [0, 0.05) is 17.5 Å². The van der Waals surface area contributed by atoms with Crippen LogP contribution in [0.5, 0.6) is 17.2 Å². The molecule has 0 radical (unpaired) electrons. The Morgan fingerprint density at radius 1 is 1.00 bits per heavy atom. The molecule has 152 valence electrons. The van der Waals surface area contributed by atoms with Crippen molar-refractivity contribution in [1.29, 1.82) is 0 Å². The first-order chi connectivity index (χ1) is 14.0. The van der Waals surface area contributed by atoms with Gasteiger partial charge in [-0.1, -0.05) is 24.6 Å². The van der Waals surface area contributed by atoms with Gasteiger partial charge in [-0.15, -0.1) is 0 Å². The van der Waals surface area contributed by atoms with Crippen LogP contribution in [0.2, 0.25) is 0 Å². The summed E-state index contributed by atoms with van der Waals surface area (Å²) < 4.78 is 17.1. The van der Waals surface area contributed by atoms with E-state index in [-0.39, 0.29) is 12.4 Å². The number of methoxy groups -OCH3 is 2. The summed E-state index contributed by atoms with van der Waals surface area (Å²) in [6, 6.07) is 9.35. The van der Waals surface area contributed by atoms with Crippen molar-refractivity contribution in [3.8, 4) is 28.4 Å². The van der Waals surface area contributed by atoms with Crippen LogP contribution in [0.3, 0.4) is 0 Å². The first-order valence-electron chi connectivity index (χ1n) is 9.77. The predicted octanol–water partition coefficient (Wildman–Crippen LogP) is 4.13. The van der Waals surface area contributed by atoms with Gasteiger partial charge in [0.05, 0.1) is 14.2 Å². The third kappa shape index (κ3) is 3.12. The molecule has 0 bridgehead atoms. The van der Waals surface area contributed by atoms with Gasteiger partial charge in [0.25, 0.3) is 0 Å².